The number of nitrogens with two attached hydrogens (primary N) is 2. The van der Waals surface area contributed by atoms with Crippen LogP contribution in [0.3, 0.4) is 0 Å². The highest BCUT2D eigenvalue weighted by Crippen LogP contribution is 2.43. The molecular formula is C55H66N2O10. The molecule has 0 unspecified atom stereocenters. The molecule has 2 fully saturated rings. The number of anilines is 2. The van der Waals surface area contributed by atoms with Gasteiger partial charge in [0.2, 0.25) is 11.6 Å². The number of aliphatic hydroxyl groups is 2. The van der Waals surface area contributed by atoms with Crippen LogP contribution in [0, 0.1) is 17.3 Å². The van der Waals surface area contributed by atoms with Crippen molar-refractivity contribution in [3.8, 4) is 11.5 Å². The minimum absolute atomic E-state index is 0.0925. The van der Waals surface area contributed by atoms with Gasteiger partial charge in [-0.3, -0.25) is 19.2 Å². The average Bonchev–Trinajstić information content (AvgIpc) is 3.33. The van der Waals surface area contributed by atoms with Crippen LogP contribution < -0.4 is 20.9 Å². The minimum Gasteiger partial charge on any atom is -0.426 e. The van der Waals surface area contributed by atoms with Gasteiger partial charge in [-0.15, -0.1) is 0 Å². The van der Waals surface area contributed by atoms with E-state index in [4.69, 9.17) is 30.4 Å². The number of hydrogen-bond acceptors (Lipinski definition) is 12. The lowest BCUT2D eigenvalue weighted by molar-refractivity contribution is -0.230. The molecule has 2 saturated carbocycles. The fraction of sp³-hybridized carbons (Fsp3) is 0.418. The van der Waals surface area contributed by atoms with E-state index >= 15 is 0 Å². The Balaban J connectivity index is 1.17. The summed E-state index contributed by atoms with van der Waals surface area (Å²) in [7, 11) is 0. The lowest BCUT2D eigenvalue weighted by Gasteiger charge is -2.42. The lowest BCUT2D eigenvalue weighted by atomic mass is 9.65. The van der Waals surface area contributed by atoms with Gasteiger partial charge in [-0.05, 0) is 160 Å². The summed E-state index contributed by atoms with van der Waals surface area (Å²) in [5.41, 5.74) is 13.6. The number of allylic oxidation sites excluding steroid dienone is 1. The van der Waals surface area contributed by atoms with Crippen molar-refractivity contribution in [3.05, 3.63) is 131 Å². The van der Waals surface area contributed by atoms with Gasteiger partial charge in [0.1, 0.15) is 11.5 Å². The molecule has 0 aromatic heterocycles. The summed E-state index contributed by atoms with van der Waals surface area (Å²) in [5, 5.41) is 24.4. The van der Waals surface area contributed by atoms with Gasteiger partial charge in [0.05, 0.1) is 24.0 Å². The van der Waals surface area contributed by atoms with Crippen molar-refractivity contribution < 1.29 is 48.3 Å². The highest BCUT2D eigenvalue weighted by Gasteiger charge is 2.54. The van der Waals surface area contributed by atoms with Crippen LogP contribution in [-0.4, -0.2) is 64.9 Å². The molecule has 12 nitrogen and oxygen atoms in total. The Kier molecular flexibility index (Phi) is 18.2. The molecule has 0 heterocycles. The van der Waals surface area contributed by atoms with Crippen molar-refractivity contribution in [2.75, 3.05) is 24.7 Å². The maximum absolute atomic E-state index is 14.2. The molecular weight excluding hydrogens is 849 g/mol. The van der Waals surface area contributed by atoms with E-state index in [1.165, 1.54) is 12.2 Å². The van der Waals surface area contributed by atoms with Crippen LogP contribution in [0.2, 0.25) is 0 Å². The average molecular weight is 915 g/mol. The second-order valence-corrected chi connectivity index (χ2v) is 18.1. The standard InChI is InChI=1S/C55H66N2O10/c1-3-33-64-47-28-15-42(16-29-47)52(60)66-49-24-10-38(11-25-49)9-23-46(58)37-54(35-40-5-19-44(56)20-6-40,36-41-7-21-45(57)22-8-41)55(62,63)51(59)32-14-39-12-26-50(27-13-39)67-53(61)43-17-30-48(31-18-43)65-34-4-2/h5-14,19-27,32,42-43,47-48,62-63H,3-4,15-18,28-31,33-37,56-57H2,1-2H3/b23-9+,32-14+. The number of rotatable bonds is 22. The molecule has 0 atom stereocenters. The van der Waals surface area contributed by atoms with E-state index in [9.17, 15) is 29.4 Å². The number of carbonyl (C=O) groups is 4. The Labute approximate surface area is 394 Å². The summed E-state index contributed by atoms with van der Waals surface area (Å²) in [6.07, 6.45) is 13.2. The van der Waals surface area contributed by atoms with Gasteiger partial charge >= 0.3 is 11.9 Å². The predicted octanol–water partition coefficient (Wildman–Crippen LogP) is 9.04. The summed E-state index contributed by atoms with van der Waals surface area (Å²) in [6, 6.07) is 27.0. The van der Waals surface area contributed by atoms with Crippen molar-refractivity contribution >= 4 is 47.0 Å². The number of benzene rings is 4. The summed E-state index contributed by atoms with van der Waals surface area (Å²) < 4.78 is 23.1. The summed E-state index contributed by atoms with van der Waals surface area (Å²) in [4.78, 5) is 54.2. The second kappa shape index (κ2) is 24.2. The molecule has 2 aliphatic carbocycles. The summed E-state index contributed by atoms with van der Waals surface area (Å²) >= 11 is 0. The van der Waals surface area contributed by atoms with Crippen molar-refractivity contribution in [1.82, 2.24) is 0 Å². The van der Waals surface area contributed by atoms with E-state index in [1.54, 1.807) is 103 Å². The number of ether oxygens (including phenoxy) is 4. The van der Waals surface area contributed by atoms with Crippen molar-refractivity contribution in [2.45, 2.75) is 115 Å². The molecule has 4 aromatic rings. The van der Waals surface area contributed by atoms with Crippen LogP contribution in [0.5, 0.6) is 11.5 Å². The Morgan fingerprint density at radius 2 is 0.955 bits per heavy atom. The number of ketones is 2. The predicted molar refractivity (Wildman–Crippen MR) is 260 cm³/mol. The monoisotopic (exact) mass is 914 g/mol. The maximum atomic E-state index is 14.2. The Bertz CT molecular complexity index is 2240. The fourth-order valence-corrected chi connectivity index (χ4v) is 8.93. The maximum Gasteiger partial charge on any atom is 0.314 e. The first-order valence-corrected chi connectivity index (χ1v) is 23.7. The number of carbonyl (C=O) groups excluding carboxylic acids is 4. The van der Waals surface area contributed by atoms with Crippen LogP contribution in [0.4, 0.5) is 11.4 Å². The number of nitrogen functional groups attached to an aromatic ring is 2. The van der Waals surface area contributed by atoms with E-state index in [1.807, 2.05) is 0 Å². The van der Waals surface area contributed by atoms with Crippen LogP contribution in [0.25, 0.3) is 12.2 Å². The van der Waals surface area contributed by atoms with Crippen molar-refractivity contribution in [1.29, 1.82) is 0 Å². The third-order valence-corrected chi connectivity index (χ3v) is 12.9. The highest BCUT2D eigenvalue weighted by atomic mass is 16.5. The molecule has 12 heteroatoms. The van der Waals surface area contributed by atoms with Crippen LogP contribution >= 0.6 is 0 Å². The molecule has 0 bridgehead atoms. The third-order valence-electron chi connectivity index (χ3n) is 12.9. The first kappa shape index (κ1) is 50.5. The van der Waals surface area contributed by atoms with Gasteiger partial charge in [0, 0.05) is 36.4 Å². The Morgan fingerprint density at radius 1 is 0.567 bits per heavy atom. The molecule has 0 spiro atoms. The normalized spacial score (nSPS) is 19.0. The largest absolute Gasteiger partial charge is 0.426 e. The minimum atomic E-state index is -3.07. The van der Waals surface area contributed by atoms with Crippen LogP contribution in [0.15, 0.2) is 109 Å². The Morgan fingerprint density at radius 3 is 1.34 bits per heavy atom. The van der Waals surface area contributed by atoms with E-state index in [2.05, 4.69) is 13.8 Å². The van der Waals surface area contributed by atoms with Crippen LogP contribution in [-0.2, 0) is 41.5 Å². The zero-order valence-electron chi connectivity index (χ0n) is 38.8. The third kappa shape index (κ3) is 14.5. The van der Waals surface area contributed by atoms with Crippen molar-refractivity contribution in [2.24, 2.45) is 17.3 Å². The molecule has 0 amide bonds. The van der Waals surface area contributed by atoms with Gasteiger partial charge in [0.25, 0.3) is 0 Å². The SMILES string of the molecule is CCCOC1CCC(C(=O)Oc2ccc(/C=C/C(=O)CC(Cc3ccc(N)cc3)(Cc3ccc(N)cc3)C(O)(O)C(=O)/C=C/c3ccc(OC(=O)C4CCC(OCCC)CC4)cc3)cc2)CC1. The zero-order chi connectivity index (χ0) is 47.8. The molecule has 4 aromatic carbocycles. The molecule has 0 radical (unpaired) electrons. The van der Waals surface area contributed by atoms with Gasteiger partial charge in [-0.1, -0.05) is 74.5 Å². The second-order valence-electron chi connectivity index (χ2n) is 18.1. The number of hydrogen-bond donors (Lipinski definition) is 4. The molecule has 67 heavy (non-hydrogen) atoms. The smallest absolute Gasteiger partial charge is 0.314 e. The molecule has 6 rings (SSSR count). The quantitative estimate of drug-likeness (QED) is 0.0192. The molecule has 0 saturated heterocycles. The van der Waals surface area contributed by atoms with Crippen molar-refractivity contribution in [3.63, 3.8) is 0 Å². The molecule has 0 aliphatic heterocycles. The molecule has 6 N–H and O–H groups in total. The van der Waals surface area contributed by atoms with Crippen LogP contribution in [0.1, 0.15) is 107 Å². The first-order chi connectivity index (χ1) is 32.2. The summed E-state index contributed by atoms with van der Waals surface area (Å²) in [5.74, 6) is -4.79. The van der Waals surface area contributed by atoms with Gasteiger partial charge in [-0.25, -0.2) is 0 Å². The Hall–Kier alpha value is -5.92. The molecule has 356 valence electrons. The highest BCUT2D eigenvalue weighted by molar-refractivity contribution is 6.01. The van der Waals surface area contributed by atoms with E-state index in [0.29, 0.717) is 77.4 Å². The number of esters is 2. The van der Waals surface area contributed by atoms with Gasteiger partial charge < -0.3 is 40.6 Å². The fourth-order valence-electron chi connectivity index (χ4n) is 8.93. The topological polar surface area (TPSA) is 198 Å². The first-order valence-electron chi connectivity index (χ1n) is 23.7. The van der Waals surface area contributed by atoms with Gasteiger partial charge in [0.15, 0.2) is 5.78 Å². The van der Waals surface area contributed by atoms with E-state index in [-0.39, 0.29) is 48.8 Å². The van der Waals surface area contributed by atoms with E-state index in [0.717, 1.165) is 51.2 Å². The molecule has 2 aliphatic rings. The lowest BCUT2D eigenvalue weighted by Crippen LogP contribution is -2.57. The summed E-state index contributed by atoms with van der Waals surface area (Å²) in [6.45, 7) is 5.58. The zero-order valence-corrected chi connectivity index (χ0v) is 38.8. The van der Waals surface area contributed by atoms with Gasteiger partial charge in [-0.2, -0.15) is 0 Å². The van der Waals surface area contributed by atoms with E-state index < -0.39 is 29.2 Å².